The van der Waals surface area contributed by atoms with Crippen LogP contribution in [0.15, 0.2) is 36.7 Å². The van der Waals surface area contributed by atoms with Gasteiger partial charge in [0.25, 0.3) is 0 Å². The average molecular weight is 312 g/mol. The fourth-order valence-corrected chi connectivity index (χ4v) is 0.821. The van der Waals surface area contributed by atoms with Gasteiger partial charge in [-0.1, -0.05) is 0 Å². The van der Waals surface area contributed by atoms with Crippen LogP contribution in [0, 0.1) is 0 Å². The van der Waals surface area contributed by atoms with Crippen molar-refractivity contribution in [2.45, 2.75) is 0 Å². The Morgan fingerprint density at radius 1 is 0.842 bits per heavy atom. The van der Waals surface area contributed by atoms with E-state index < -0.39 is 11.9 Å². The molecule has 0 aliphatic heterocycles. The molecule has 2 heterocycles. The maximum absolute atomic E-state index is 9.99. The first kappa shape index (κ1) is 16.7. The molecule has 0 spiro atoms. The molecule has 2 aromatic heterocycles. The van der Waals surface area contributed by atoms with E-state index in [4.69, 9.17) is 0 Å². The fourth-order valence-electron chi connectivity index (χ4n) is 0.821. The summed E-state index contributed by atoms with van der Waals surface area (Å²) in [6, 6.07) is 5.61. The predicted octanol–water partition coefficient (Wildman–Crippen LogP) is -2.32. The average Bonchev–Trinajstić information content (AvgIpc) is 2.41. The Labute approximate surface area is 120 Å². The van der Waals surface area contributed by atoms with Gasteiger partial charge in [-0.15, -0.1) is 10.2 Å². The monoisotopic (exact) mass is 310 g/mol. The number of carboxylic acid groups (broad SMARTS) is 2. The molecule has 0 unspecified atom stereocenters. The van der Waals surface area contributed by atoms with Crippen LogP contribution in [0.25, 0.3) is 0 Å². The third-order valence-corrected chi connectivity index (χ3v) is 1.56. The molecule has 2 rings (SSSR count). The Bertz CT molecular complexity index is 474. The van der Waals surface area contributed by atoms with Crippen molar-refractivity contribution >= 4 is 11.9 Å². The Balaban J connectivity index is 0.000000324. The van der Waals surface area contributed by atoms with Crippen LogP contribution in [-0.2, 0) is 19.5 Å². The van der Waals surface area contributed by atoms with Gasteiger partial charge in [0, 0.05) is 12.4 Å². The molecule has 0 N–H and O–H groups in total. The number of carbonyl (C=O) groups is 2. The van der Waals surface area contributed by atoms with Crippen molar-refractivity contribution in [2.75, 3.05) is 0 Å². The number of aromatic carboxylic acids is 2. The van der Waals surface area contributed by atoms with Gasteiger partial charge >= 0.3 is 19.5 Å². The summed E-state index contributed by atoms with van der Waals surface area (Å²) in [6.07, 6.45) is 2.79. The molecule has 0 amide bonds. The van der Waals surface area contributed by atoms with E-state index in [1.165, 1.54) is 36.7 Å². The molecule has 0 aliphatic rings. The van der Waals surface area contributed by atoms with Gasteiger partial charge in [-0.2, -0.15) is 10.2 Å². The molecule has 0 saturated carbocycles. The zero-order chi connectivity index (χ0) is 13.4. The third kappa shape index (κ3) is 6.27. The molecule has 0 aromatic carbocycles. The minimum atomic E-state index is -1.30. The van der Waals surface area contributed by atoms with E-state index in [1.807, 2.05) is 0 Å². The molecule has 19 heavy (non-hydrogen) atoms. The van der Waals surface area contributed by atoms with Crippen LogP contribution in [0.1, 0.15) is 21.0 Å². The van der Waals surface area contributed by atoms with Gasteiger partial charge < -0.3 is 19.8 Å². The predicted molar refractivity (Wildman–Crippen MR) is 52.7 cm³/mol. The van der Waals surface area contributed by atoms with Crippen molar-refractivity contribution in [3.63, 3.8) is 0 Å². The van der Waals surface area contributed by atoms with Gasteiger partial charge in [0.05, 0.1) is 11.9 Å². The molecular weight excluding hydrogens is 306 g/mol. The van der Waals surface area contributed by atoms with Crippen molar-refractivity contribution in [2.24, 2.45) is 0 Å². The second kappa shape index (κ2) is 8.76. The SMILES string of the molecule is O=C([O-])c1cccnn1.O=C([O-])c1cccnn1.[Zn+2]. The van der Waals surface area contributed by atoms with E-state index in [0.29, 0.717) is 0 Å². The minimum Gasteiger partial charge on any atom is -0.543 e. The summed E-state index contributed by atoms with van der Waals surface area (Å²) in [7, 11) is 0. The van der Waals surface area contributed by atoms with Gasteiger partial charge in [-0.05, 0) is 24.3 Å². The van der Waals surface area contributed by atoms with Crippen molar-refractivity contribution in [1.82, 2.24) is 20.4 Å². The number of nitrogens with zero attached hydrogens (tertiary/aromatic N) is 4. The number of hydrogen-bond donors (Lipinski definition) is 0. The summed E-state index contributed by atoms with van der Waals surface area (Å²) >= 11 is 0. The largest absolute Gasteiger partial charge is 2.00 e. The molecule has 0 bridgehead atoms. The number of hydrogen-bond acceptors (Lipinski definition) is 8. The molecule has 0 saturated heterocycles. The van der Waals surface area contributed by atoms with Crippen molar-refractivity contribution in [3.8, 4) is 0 Å². The molecule has 0 radical (unpaired) electrons. The summed E-state index contributed by atoms with van der Waals surface area (Å²) in [5.41, 5.74) is -0.282. The second-order valence-electron chi connectivity index (χ2n) is 2.79. The van der Waals surface area contributed by atoms with E-state index in [-0.39, 0.29) is 30.9 Å². The van der Waals surface area contributed by atoms with E-state index >= 15 is 0 Å². The molecule has 0 fully saturated rings. The van der Waals surface area contributed by atoms with Crippen LogP contribution in [0.3, 0.4) is 0 Å². The molecule has 9 heteroatoms. The standard InChI is InChI=1S/2C5H4N2O2.Zn/c2*8-5(9)4-2-1-3-6-7-4;/h2*1-3H,(H,8,9);/q;;+2/p-2. The fraction of sp³-hybridized carbons (Fsp3) is 0. The van der Waals surface area contributed by atoms with Crippen molar-refractivity contribution in [1.29, 1.82) is 0 Å². The first-order valence-corrected chi connectivity index (χ1v) is 4.59. The molecule has 2 aromatic rings. The number of carboxylic acids is 2. The zero-order valence-electron chi connectivity index (χ0n) is 9.59. The van der Waals surface area contributed by atoms with Crippen LogP contribution in [0.4, 0.5) is 0 Å². The molecule has 0 aliphatic carbocycles. The quantitative estimate of drug-likeness (QED) is 0.564. The zero-order valence-corrected chi connectivity index (χ0v) is 12.6. The van der Waals surface area contributed by atoms with Crippen LogP contribution in [-0.4, -0.2) is 32.3 Å². The smallest absolute Gasteiger partial charge is 0.543 e. The van der Waals surface area contributed by atoms with E-state index in [2.05, 4.69) is 20.4 Å². The minimum absolute atomic E-state index is 0. The van der Waals surface area contributed by atoms with Crippen LogP contribution >= 0.6 is 0 Å². The maximum Gasteiger partial charge on any atom is 2.00 e. The van der Waals surface area contributed by atoms with Crippen LogP contribution in [0.2, 0.25) is 0 Å². The van der Waals surface area contributed by atoms with E-state index in [1.54, 1.807) is 0 Å². The van der Waals surface area contributed by atoms with Crippen molar-refractivity contribution < 1.29 is 39.3 Å². The van der Waals surface area contributed by atoms with Gasteiger partial charge in [0.15, 0.2) is 0 Å². The topological polar surface area (TPSA) is 132 Å². The maximum atomic E-state index is 9.99. The van der Waals surface area contributed by atoms with Gasteiger partial charge in [-0.25, -0.2) is 0 Å². The summed E-state index contributed by atoms with van der Waals surface area (Å²) in [5, 5.41) is 33.2. The van der Waals surface area contributed by atoms with Gasteiger partial charge in [0.2, 0.25) is 0 Å². The van der Waals surface area contributed by atoms with Crippen LogP contribution in [0.5, 0.6) is 0 Å². The molecule has 92 valence electrons. The normalized spacial score (nSPS) is 8.42. The molecule has 0 atom stereocenters. The number of aromatic nitrogens is 4. The van der Waals surface area contributed by atoms with E-state index in [0.717, 1.165) is 0 Å². The van der Waals surface area contributed by atoms with Crippen LogP contribution < -0.4 is 10.2 Å². The second-order valence-corrected chi connectivity index (χ2v) is 2.79. The Morgan fingerprint density at radius 3 is 1.37 bits per heavy atom. The summed E-state index contributed by atoms with van der Waals surface area (Å²) < 4.78 is 0. The first-order valence-electron chi connectivity index (χ1n) is 4.59. The molecular formula is C10H6N4O4Zn. The molecule has 8 nitrogen and oxygen atoms in total. The summed E-state index contributed by atoms with van der Waals surface area (Å²) in [6.45, 7) is 0. The van der Waals surface area contributed by atoms with E-state index in [9.17, 15) is 19.8 Å². The summed E-state index contributed by atoms with van der Waals surface area (Å²) in [5.74, 6) is -2.61. The number of carbonyl (C=O) groups excluding carboxylic acids is 2. The summed E-state index contributed by atoms with van der Waals surface area (Å²) in [4.78, 5) is 20.0. The van der Waals surface area contributed by atoms with Crippen molar-refractivity contribution in [3.05, 3.63) is 48.0 Å². The third-order valence-electron chi connectivity index (χ3n) is 1.56. The van der Waals surface area contributed by atoms with Gasteiger partial charge in [-0.3, -0.25) is 0 Å². The van der Waals surface area contributed by atoms with Gasteiger partial charge in [0.1, 0.15) is 11.4 Å². The Hall–Kier alpha value is -2.28. The first-order chi connectivity index (χ1) is 8.61. The Kier molecular flexibility index (Phi) is 7.71. The number of rotatable bonds is 2. The Morgan fingerprint density at radius 2 is 1.21 bits per heavy atom.